The van der Waals surface area contributed by atoms with Gasteiger partial charge in [0.05, 0.1) is 7.11 Å². The van der Waals surface area contributed by atoms with Gasteiger partial charge < -0.3 is 4.74 Å². The number of halogens is 1. The third kappa shape index (κ3) is 4.47. The van der Waals surface area contributed by atoms with Crippen molar-refractivity contribution in [3.8, 4) is 5.75 Å². The average Bonchev–Trinajstić information content (AvgIpc) is 2.25. The van der Waals surface area contributed by atoms with Gasteiger partial charge in [0.25, 0.3) is 0 Å². The molecule has 0 bridgehead atoms. The highest BCUT2D eigenvalue weighted by molar-refractivity contribution is 9.10. The highest BCUT2D eigenvalue weighted by Crippen LogP contribution is 2.26. The molecule has 0 aromatic heterocycles. The van der Waals surface area contributed by atoms with Gasteiger partial charge in [-0.05, 0) is 30.4 Å². The maximum Gasteiger partial charge on any atom is 0.122 e. The van der Waals surface area contributed by atoms with Gasteiger partial charge in [-0.25, -0.2) is 0 Å². The Balaban J connectivity index is 2.54. The first-order chi connectivity index (χ1) is 7.27. The van der Waals surface area contributed by atoms with Crippen molar-refractivity contribution in [1.29, 1.82) is 0 Å². The van der Waals surface area contributed by atoms with Crippen LogP contribution in [0.15, 0.2) is 22.7 Å². The molecule has 0 aliphatic heterocycles. The average molecular weight is 289 g/mol. The van der Waals surface area contributed by atoms with Gasteiger partial charge in [-0.15, -0.1) is 0 Å². The van der Waals surface area contributed by atoms with Crippen LogP contribution in [0.2, 0.25) is 0 Å². The van der Waals surface area contributed by atoms with Gasteiger partial charge in [0.15, 0.2) is 0 Å². The van der Waals surface area contributed by atoms with Gasteiger partial charge in [0, 0.05) is 15.8 Å². The number of hydrogen-bond donors (Lipinski definition) is 0. The lowest BCUT2D eigenvalue weighted by molar-refractivity contribution is 0.411. The molecule has 1 aromatic rings. The van der Waals surface area contributed by atoms with Crippen LogP contribution in [0, 0.1) is 0 Å². The zero-order valence-electron chi connectivity index (χ0n) is 9.25. The van der Waals surface area contributed by atoms with E-state index in [-0.39, 0.29) is 0 Å². The predicted molar refractivity (Wildman–Crippen MR) is 71.8 cm³/mol. The summed E-state index contributed by atoms with van der Waals surface area (Å²) in [6, 6.07) is 6.16. The molecule has 0 aliphatic carbocycles. The smallest absolute Gasteiger partial charge is 0.122 e. The lowest BCUT2D eigenvalue weighted by Gasteiger charge is -2.08. The molecule has 1 aromatic carbocycles. The predicted octanol–water partition coefficient (Wildman–Crippen LogP) is 4.49. The summed E-state index contributed by atoms with van der Waals surface area (Å²) in [6.45, 7) is 2.22. The molecule has 3 heteroatoms. The first-order valence-corrected chi connectivity index (χ1v) is 7.13. The van der Waals surface area contributed by atoms with E-state index in [9.17, 15) is 0 Å². The second-order valence-corrected chi connectivity index (χ2v) is 5.38. The Morgan fingerprint density at radius 3 is 2.87 bits per heavy atom. The second kappa shape index (κ2) is 7.18. The van der Waals surface area contributed by atoms with Crippen molar-refractivity contribution in [2.45, 2.75) is 25.5 Å². The van der Waals surface area contributed by atoms with Crippen LogP contribution in [0.4, 0.5) is 0 Å². The number of hydrogen-bond acceptors (Lipinski definition) is 2. The summed E-state index contributed by atoms with van der Waals surface area (Å²) in [7, 11) is 1.73. The van der Waals surface area contributed by atoms with E-state index < -0.39 is 0 Å². The number of thioether (sulfide) groups is 1. The van der Waals surface area contributed by atoms with Crippen molar-refractivity contribution in [3.63, 3.8) is 0 Å². The third-order valence-electron chi connectivity index (χ3n) is 2.14. The van der Waals surface area contributed by atoms with Crippen molar-refractivity contribution in [3.05, 3.63) is 28.2 Å². The fraction of sp³-hybridized carbons (Fsp3) is 0.500. The summed E-state index contributed by atoms with van der Waals surface area (Å²) in [4.78, 5) is 0. The normalized spacial score (nSPS) is 10.3. The van der Waals surface area contributed by atoms with Crippen LogP contribution in [-0.2, 0) is 5.75 Å². The van der Waals surface area contributed by atoms with Crippen molar-refractivity contribution < 1.29 is 4.74 Å². The topological polar surface area (TPSA) is 9.23 Å². The Morgan fingerprint density at radius 2 is 2.20 bits per heavy atom. The fourth-order valence-corrected chi connectivity index (χ4v) is 2.78. The van der Waals surface area contributed by atoms with Gasteiger partial charge >= 0.3 is 0 Å². The summed E-state index contributed by atoms with van der Waals surface area (Å²) in [5, 5.41) is 0. The summed E-state index contributed by atoms with van der Waals surface area (Å²) in [6.07, 6.45) is 2.56. The van der Waals surface area contributed by atoms with Crippen LogP contribution in [-0.4, -0.2) is 12.9 Å². The Labute approximate surface area is 105 Å². The molecule has 0 spiro atoms. The third-order valence-corrected chi connectivity index (χ3v) is 3.73. The second-order valence-electron chi connectivity index (χ2n) is 3.36. The first-order valence-electron chi connectivity index (χ1n) is 5.18. The molecule has 0 heterocycles. The van der Waals surface area contributed by atoms with E-state index in [4.69, 9.17) is 4.74 Å². The minimum absolute atomic E-state index is 0.988. The standard InChI is InChI=1S/C12H17BrOS/c1-3-4-7-15-9-10-8-11(13)5-6-12(10)14-2/h5-6,8H,3-4,7,9H2,1-2H3. The Kier molecular flexibility index (Phi) is 6.18. The van der Waals surface area contributed by atoms with Gasteiger partial charge in [0.1, 0.15) is 5.75 Å². The van der Waals surface area contributed by atoms with Gasteiger partial charge in [-0.3, -0.25) is 0 Å². The number of unbranched alkanes of at least 4 members (excludes halogenated alkanes) is 1. The Morgan fingerprint density at radius 1 is 1.40 bits per heavy atom. The molecule has 0 atom stereocenters. The van der Waals surface area contributed by atoms with Crippen LogP contribution < -0.4 is 4.74 Å². The first kappa shape index (κ1) is 12.9. The summed E-state index contributed by atoms with van der Waals surface area (Å²) >= 11 is 5.45. The van der Waals surface area contributed by atoms with Crippen LogP contribution in [0.25, 0.3) is 0 Å². The molecule has 1 nitrogen and oxygen atoms in total. The fourth-order valence-electron chi connectivity index (χ4n) is 1.29. The lowest BCUT2D eigenvalue weighted by atomic mass is 10.2. The highest BCUT2D eigenvalue weighted by atomic mass is 79.9. The molecular weight excluding hydrogens is 272 g/mol. The molecule has 0 aliphatic rings. The number of rotatable bonds is 6. The molecule has 0 saturated carbocycles. The lowest BCUT2D eigenvalue weighted by Crippen LogP contribution is -1.91. The van der Waals surface area contributed by atoms with Crippen LogP contribution in [0.1, 0.15) is 25.3 Å². The van der Waals surface area contributed by atoms with E-state index in [0.717, 1.165) is 16.0 Å². The Bertz CT molecular complexity index is 302. The van der Waals surface area contributed by atoms with E-state index in [0.29, 0.717) is 0 Å². The summed E-state index contributed by atoms with van der Waals surface area (Å²) in [5.41, 5.74) is 1.27. The monoisotopic (exact) mass is 288 g/mol. The molecule has 15 heavy (non-hydrogen) atoms. The minimum Gasteiger partial charge on any atom is -0.496 e. The van der Waals surface area contributed by atoms with Gasteiger partial charge in [0.2, 0.25) is 0 Å². The van der Waals surface area contributed by atoms with E-state index in [2.05, 4.69) is 28.9 Å². The largest absolute Gasteiger partial charge is 0.496 e. The van der Waals surface area contributed by atoms with E-state index in [1.807, 2.05) is 23.9 Å². The molecule has 0 fully saturated rings. The van der Waals surface area contributed by atoms with Crippen molar-refractivity contribution in [2.24, 2.45) is 0 Å². The summed E-state index contributed by atoms with van der Waals surface area (Å²) < 4.78 is 6.44. The van der Waals surface area contributed by atoms with E-state index >= 15 is 0 Å². The van der Waals surface area contributed by atoms with Gasteiger partial charge in [-0.2, -0.15) is 11.8 Å². The van der Waals surface area contributed by atoms with Gasteiger partial charge in [-0.1, -0.05) is 29.3 Å². The van der Waals surface area contributed by atoms with Crippen LogP contribution >= 0.6 is 27.7 Å². The Hall–Kier alpha value is -0.150. The highest BCUT2D eigenvalue weighted by Gasteiger charge is 2.03. The molecule has 1 rings (SSSR count). The quantitative estimate of drug-likeness (QED) is 0.713. The maximum absolute atomic E-state index is 5.32. The SMILES string of the molecule is CCCCSCc1cc(Br)ccc1OC. The molecule has 0 amide bonds. The number of methoxy groups -OCH3 is 1. The summed E-state index contributed by atoms with van der Waals surface area (Å²) in [5.74, 6) is 3.25. The van der Waals surface area contributed by atoms with Crippen LogP contribution in [0.3, 0.4) is 0 Å². The molecule has 0 saturated heterocycles. The zero-order valence-corrected chi connectivity index (χ0v) is 11.7. The van der Waals surface area contributed by atoms with Crippen molar-refractivity contribution >= 4 is 27.7 Å². The molecule has 0 unspecified atom stereocenters. The van der Waals surface area contributed by atoms with Crippen molar-refractivity contribution in [2.75, 3.05) is 12.9 Å². The zero-order chi connectivity index (χ0) is 11.1. The molecule has 0 N–H and O–H groups in total. The maximum atomic E-state index is 5.32. The number of ether oxygens (including phenoxy) is 1. The molecule has 0 radical (unpaired) electrons. The molecule has 84 valence electrons. The minimum atomic E-state index is 0.988. The number of benzene rings is 1. The van der Waals surface area contributed by atoms with Crippen molar-refractivity contribution in [1.82, 2.24) is 0 Å². The van der Waals surface area contributed by atoms with E-state index in [1.165, 1.54) is 24.2 Å². The van der Waals surface area contributed by atoms with Crippen LogP contribution in [0.5, 0.6) is 5.75 Å². The molecular formula is C12H17BrOS. The van der Waals surface area contributed by atoms with E-state index in [1.54, 1.807) is 7.11 Å².